The van der Waals surface area contributed by atoms with Crippen molar-refractivity contribution in [3.8, 4) is 0 Å². The first-order valence-electron chi connectivity index (χ1n) is 3.97. The summed E-state index contributed by atoms with van der Waals surface area (Å²) in [7, 11) is 3.43. The largest absolute Gasteiger partial charge is 0.458 e. The normalized spacial score (nSPS) is 13.4. The smallest absolute Gasteiger partial charge is 0.293 e. The molecule has 0 rings (SSSR count). The SMILES string of the molecule is C[Si](C)(C)O[Si](C)(C)[Si]S[Si]O[Si]. The first-order chi connectivity index (χ1) is 5.77. The summed E-state index contributed by atoms with van der Waals surface area (Å²) in [5.41, 5.74) is 0. The van der Waals surface area contributed by atoms with Gasteiger partial charge in [0.1, 0.15) is 8.19 Å². The highest BCUT2D eigenvalue weighted by molar-refractivity contribution is 8.44. The quantitative estimate of drug-likeness (QED) is 0.543. The Labute approximate surface area is 95.2 Å². The molecule has 0 fully saturated rings. The van der Waals surface area contributed by atoms with Crippen LogP contribution < -0.4 is 0 Å². The highest BCUT2D eigenvalue weighted by Gasteiger charge is 2.30. The molecule has 0 aromatic rings. The Hall–Kier alpha value is 1.35. The molecule has 0 N–H and O–H groups in total. The highest BCUT2D eigenvalue weighted by atomic mass is 32.5. The van der Waals surface area contributed by atoms with Gasteiger partial charge in [-0.3, -0.25) is 0 Å². The van der Waals surface area contributed by atoms with E-state index in [2.05, 4.69) is 43.2 Å². The van der Waals surface area contributed by atoms with E-state index in [1.165, 1.54) is 0 Å². The van der Waals surface area contributed by atoms with E-state index < -0.39 is 16.2 Å². The number of hydrogen-bond acceptors (Lipinski definition) is 3. The Morgan fingerprint density at radius 3 is 2.08 bits per heavy atom. The third kappa shape index (κ3) is 9.65. The van der Waals surface area contributed by atoms with Crippen molar-refractivity contribution in [1.82, 2.24) is 0 Å². The van der Waals surface area contributed by atoms with Gasteiger partial charge < -0.3 is 8.23 Å². The van der Waals surface area contributed by atoms with Gasteiger partial charge >= 0.3 is 0 Å². The van der Waals surface area contributed by atoms with Crippen molar-refractivity contribution in [3.63, 3.8) is 0 Å². The van der Waals surface area contributed by atoms with Crippen LogP contribution in [0.4, 0.5) is 0 Å². The summed E-state index contributed by atoms with van der Waals surface area (Å²) in [6.07, 6.45) is 0. The molecule has 0 aliphatic carbocycles. The fourth-order valence-corrected chi connectivity index (χ4v) is 24.7. The predicted molar refractivity (Wildman–Crippen MR) is 67.9 cm³/mol. The van der Waals surface area contributed by atoms with Crippen LogP contribution in [0, 0.1) is 0 Å². The minimum Gasteiger partial charge on any atom is -0.458 e. The molecule has 8 heteroatoms. The maximum Gasteiger partial charge on any atom is 0.293 e. The molecule has 0 saturated carbocycles. The summed E-state index contributed by atoms with van der Waals surface area (Å²) in [5.74, 6) is 0. The second-order valence-corrected chi connectivity index (χ2v) is 22.6. The molecule has 13 heavy (non-hydrogen) atoms. The first kappa shape index (κ1) is 14.4. The maximum absolute atomic E-state index is 6.17. The van der Waals surface area contributed by atoms with Crippen LogP contribution in [-0.4, -0.2) is 43.7 Å². The van der Waals surface area contributed by atoms with E-state index in [0.29, 0.717) is 8.91 Å². The molecule has 2 nitrogen and oxygen atoms in total. The monoisotopic (exact) mass is 279 g/mol. The van der Waals surface area contributed by atoms with E-state index in [0.717, 1.165) is 8.19 Å². The number of rotatable bonds is 6. The van der Waals surface area contributed by atoms with Crippen molar-refractivity contribution in [2.45, 2.75) is 32.7 Å². The topological polar surface area (TPSA) is 18.5 Å². The lowest BCUT2D eigenvalue weighted by Gasteiger charge is -2.30. The van der Waals surface area contributed by atoms with Crippen LogP contribution in [-0.2, 0) is 8.23 Å². The van der Waals surface area contributed by atoms with Crippen molar-refractivity contribution >= 4 is 54.4 Å². The molecular weight excluding hydrogens is 265 g/mol. The van der Waals surface area contributed by atoms with E-state index in [9.17, 15) is 0 Å². The van der Waals surface area contributed by atoms with Gasteiger partial charge in [0, 0.05) is 0 Å². The van der Waals surface area contributed by atoms with Crippen molar-refractivity contribution in [2.75, 3.05) is 0 Å². The molecule has 73 valence electrons. The summed E-state index contributed by atoms with van der Waals surface area (Å²) in [6, 6.07) is 0. The number of hydrogen-bond donors (Lipinski definition) is 0. The molecule has 0 unspecified atom stereocenters. The lowest BCUT2D eigenvalue weighted by Crippen LogP contribution is -2.46. The van der Waals surface area contributed by atoms with Crippen molar-refractivity contribution in [2.24, 2.45) is 0 Å². The standard InChI is InChI=1S/C5H15O2SSi5/c1-12(2,3)7-13(4,5)11-8-10-6-9/h1-5H3. The van der Waals surface area contributed by atoms with E-state index >= 15 is 0 Å². The lowest BCUT2D eigenvalue weighted by atomic mass is 11.8. The molecule has 0 bridgehead atoms. The molecule has 0 atom stereocenters. The van der Waals surface area contributed by atoms with Crippen LogP contribution in [0.15, 0.2) is 0 Å². The van der Waals surface area contributed by atoms with Gasteiger partial charge in [0.15, 0.2) is 16.2 Å². The van der Waals surface area contributed by atoms with Gasteiger partial charge in [-0.15, -0.1) is 0 Å². The Morgan fingerprint density at radius 1 is 1.15 bits per heavy atom. The van der Waals surface area contributed by atoms with Crippen molar-refractivity contribution in [1.29, 1.82) is 0 Å². The minimum atomic E-state index is -1.42. The molecule has 0 saturated heterocycles. The molecule has 0 amide bonds. The van der Waals surface area contributed by atoms with Gasteiger partial charge in [0.2, 0.25) is 10.5 Å². The fourth-order valence-electron chi connectivity index (χ4n) is 0.951. The fraction of sp³-hybridized carbons (Fsp3) is 1.00. The van der Waals surface area contributed by atoms with Crippen LogP contribution in [0.25, 0.3) is 0 Å². The third-order valence-corrected chi connectivity index (χ3v) is 19.0. The highest BCUT2D eigenvalue weighted by Crippen LogP contribution is 2.16. The van der Waals surface area contributed by atoms with Crippen LogP contribution in [0.3, 0.4) is 0 Å². The van der Waals surface area contributed by atoms with Crippen LogP contribution >= 0.6 is 10.7 Å². The Kier molecular flexibility index (Phi) is 6.68. The van der Waals surface area contributed by atoms with Crippen molar-refractivity contribution < 1.29 is 8.23 Å². The van der Waals surface area contributed by atoms with Crippen molar-refractivity contribution in [3.05, 3.63) is 0 Å². The molecule has 0 aromatic heterocycles. The first-order valence-corrected chi connectivity index (χ1v) is 15.9. The third-order valence-electron chi connectivity index (χ3n) is 0.941. The van der Waals surface area contributed by atoms with Gasteiger partial charge in [0.05, 0.1) is 0 Å². The van der Waals surface area contributed by atoms with E-state index in [-0.39, 0.29) is 0 Å². The van der Waals surface area contributed by atoms with E-state index in [1.807, 2.05) is 10.7 Å². The molecule has 0 aliphatic heterocycles. The van der Waals surface area contributed by atoms with Gasteiger partial charge in [-0.1, -0.05) is 0 Å². The average Bonchev–Trinajstić information content (AvgIpc) is 1.81. The average molecular weight is 280 g/mol. The van der Waals surface area contributed by atoms with E-state index in [4.69, 9.17) is 8.23 Å². The molecule has 0 heterocycles. The summed E-state index contributed by atoms with van der Waals surface area (Å²) in [5, 5.41) is 0. The molecular formula is C5H15O2SSi5. The molecule has 7 radical (unpaired) electrons. The van der Waals surface area contributed by atoms with Gasteiger partial charge in [-0.05, 0) is 32.7 Å². The molecule has 0 spiro atoms. The zero-order valence-corrected chi connectivity index (χ0v) is 14.5. The minimum absolute atomic E-state index is 0.488. The van der Waals surface area contributed by atoms with Gasteiger partial charge in [-0.2, -0.15) is 10.7 Å². The Bertz CT molecular complexity index is 148. The zero-order valence-electron chi connectivity index (χ0n) is 8.72. The summed E-state index contributed by atoms with van der Waals surface area (Å²) < 4.78 is 11.0. The van der Waals surface area contributed by atoms with Crippen LogP contribution in [0.1, 0.15) is 0 Å². The van der Waals surface area contributed by atoms with Crippen LogP contribution in [0.2, 0.25) is 32.7 Å². The zero-order chi connectivity index (χ0) is 10.5. The second kappa shape index (κ2) is 6.05. The second-order valence-electron chi connectivity index (χ2n) is 4.11. The summed E-state index contributed by atoms with van der Waals surface area (Å²) >= 11 is 0. The molecule has 0 aromatic carbocycles. The summed E-state index contributed by atoms with van der Waals surface area (Å²) in [4.78, 5) is 0. The lowest BCUT2D eigenvalue weighted by molar-refractivity contribution is 0.573. The van der Waals surface area contributed by atoms with Crippen LogP contribution in [0.5, 0.6) is 0 Å². The Morgan fingerprint density at radius 2 is 1.69 bits per heavy atom. The molecule has 0 aliphatic rings. The maximum atomic E-state index is 6.17. The predicted octanol–water partition coefficient (Wildman–Crippen LogP) is 1.53. The van der Waals surface area contributed by atoms with Gasteiger partial charge in [-0.25, -0.2) is 0 Å². The summed E-state index contributed by atoms with van der Waals surface area (Å²) in [6.45, 7) is 11.3. The Balaban J connectivity index is 3.80. The van der Waals surface area contributed by atoms with E-state index in [1.54, 1.807) is 0 Å². The van der Waals surface area contributed by atoms with Gasteiger partial charge in [0.25, 0.3) is 8.91 Å².